The van der Waals surface area contributed by atoms with E-state index in [1.807, 2.05) is 6.92 Å². The number of rotatable bonds is 3. The Morgan fingerprint density at radius 3 is 2.89 bits per heavy atom. The molecule has 1 aliphatic heterocycles. The number of phenols is 1. The number of nitro benzene ring substituents is 1. The second kappa shape index (κ2) is 5.23. The summed E-state index contributed by atoms with van der Waals surface area (Å²) in [5.74, 6) is -1.15. The molecule has 1 heterocycles. The first-order valence-corrected chi connectivity index (χ1v) is 5.89. The van der Waals surface area contributed by atoms with Crippen molar-refractivity contribution in [2.45, 2.75) is 25.5 Å². The topological polar surface area (TPSA) is 102 Å². The van der Waals surface area contributed by atoms with Gasteiger partial charge in [0.15, 0.2) is 0 Å². The third-order valence-electron chi connectivity index (χ3n) is 3.15. The molecule has 102 valence electrons. The Kier molecular flexibility index (Phi) is 3.66. The molecule has 0 aliphatic carbocycles. The SMILES string of the molecule is CC1OCCC1NC(=O)c1cccc([N+](=O)[O-])c1O. The van der Waals surface area contributed by atoms with Crippen molar-refractivity contribution >= 4 is 11.6 Å². The minimum Gasteiger partial charge on any atom is -0.502 e. The molecule has 19 heavy (non-hydrogen) atoms. The van der Waals surface area contributed by atoms with E-state index in [1.54, 1.807) is 0 Å². The Bertz CT molecular complexity index is 517. The number of aromatic hydroxyl groups is 1. The van der Waals surface area contributed by atoms with Crippen LogP contribution in [0.3, 0.4) is 0 Å². The van der Waals surface area contributed by atoms with Crippen LogP contribution in [0, 0.1) is 10.1 Å². The summed E-state index contributed by atoms with van der Waals surface area (Å²) >= 11 is 0. The van der Waals surface area contributed by atoms with E-state index in [2.05, 4.69) is 5.32 Å². The maximum atomic E-state index is 12.0. The predicted octanol–water partition coefficient (Wildman–Crippen LogP) is 1.21. The fraction of sp³-hybridized carbons (Fsp3) is 0.417. The van der Waals surface area contributed by atoms with Gasteiger partial charge in [-0.2, -0.15) is 0 Å². The van der Waals surface area contributed by atoms with Crippen LogP contribution >= 0.6 is 0 Å². The average Bonchev–Trinajstić information content (AvgIpc) is 2.74. The number of benzene rings is 1. The van der Waals surface area contributed by atoms with E-state index >= 15 is 0 Å². The molecular weight excluding hydrogens is 252 g/mol. The van der Waals surface area contributed by atoms with E-state index in [1.165, 1.54) is 12.1 Å². The first-order valence-electron chi connectivity index (χ1n) is 5.89. The zero-order chi connectivity index (χ0) is 14.0. The van der Waals surface area contributed by atoms with Gasteiger partial charge in [0.1, 0.15) is 0 Å². The fourth-order valence-corrected chi connectivity index (χ4v) is 2.03. The number of hydrogen-bond acceptors (Lipinski definition) is 5. The normalized spacial score (nSPS) is 22.2. The molecule has 0 spiro atoms. The second-order valence-electron chi connectivity index (χ2n) is 4.37. The maximum Gasteiger partial charge on any atom is 0.311 e. The molecule has 2 unspecified atom stereocenters. The quantitative estimate of drug-likeness (QED) is 0.632. The van der Waals surface area contributed by atoms with Crippen molar-refractivity contribution in [3.8, 4) is 5.75 Å². The lowest BCUT2D eigenvalue weighted by molar-refractivity contribution is -0.385. The molecule has 1 aliphatic rings. The molecule has 0 saturated carbocycles. The third kappa shape index (κ3) is 2.65. The van der Waals surface area contributed by atoms with Crippen molar-refractivity contribution < 1.29 is 19.6 Å². The van der Waals surface area contributed by atoms with Gasteiger partial charge in [-0.15, -0.1) is 0 Å². The summed E-state index contributed by atoms with van der Waals surface area (Å²) in [7, 11) is 0. The first-order chi connectivity index (χ1) is 9.00. The number of nitro groups is 1. The molecule has 2 N–H and O–H groups in total. The molecule has 1 fully saturated rings. The van der Waals surface area contributed by atoms with Gasteiger partial charge in [0.2, 0.25) is 5.75 Å². The van der Waals surface area contributed by atoms with Crippen LogP contribution in [-0.2, 0) is 4.74 Å². The number of carbonyl (C=O) groups is 1. The first kappa shape index (κ1) is 13.3. The fourth-order valence-electron chi connectivity index (χ4n) is 2.03. The number of phenolic OH excluding ortho intramolecular Hbond substituents is 1. The predicted molar refractivity (Wildman–Crippen MR) is 66.0 cm³/mol. The number of amides is 1. The van der Waals surface area contributed by atoms with Gasteiger partial charge >= 0.3 is 5.69 Å². The molecule has 7 heteroatoms. The lowest BCUT2D eigenvalue weighted by atomic mass is 10.1. The molecule has 0 aromatic heterocycles. The smallest absolute Gasteiger partial charge is 0.311 e. The zero-order valence-electron chi connectivity index (χ0n) is 10.3. The van der Waals surface area contributed by atoms with Gasteiger partial charge in [-0.1, -0.05) is 6.07 Å². The summed E-state index contributed by atoms with van der Waals surface area (Å²) in [6.07, 6.45) is 0.576. The van der Waals surface area contributed by atoms with Crippen molar-refractivity contribution in [3.05, 3.63) is 33.9 Å². The van der Waals surface area contributed by atoms with Gasteiger partial charge in [0.25, 0.3) is 5.91 Å². The Morgan fingerprint density at radius 2 is 2.32 bits per heavy atom. The summed E-state index contributed by atoms with van der Waals surface area (Å²) in [5.41, 5.74) is -0.586. The van der Waals surface area contributed by atoms with Crippen LogP contribution in [0.4, 0.5) is 5.69 Å². The summed E-state index contributed by atoms with van der Waals surface area (Å²) in [4.78, 5) is 22.0. The van der Waals surface area contributed by atoms with Crippen LogP contribution < -0.4 is 5.32 Å². The molecule has 2 rings (SSSR count). The molecule has 2 atom stereocenters. The minimum absolute atomic E-state index is 0.103. The highest BCUT2D eigenvalue weighted by Crippen LogP contribution is 2.29. The van der Waals surface area contributed by atoms with Crippen molar-refractivity contribution in [1.82, 2.24) is 5.32 Å². The Morgan fingerprint density at radius 1 is 1.58 bits per heavy atom. The Labute approximate surface area is 109 Å². The number of carbonyl (C=O) groups excluding carboxylic acids is 1. The lowest BCUT2D eigenvalue weighted by Crippen LogP contribution is -2.39. The van der Waals surface area contributed by atoms with E-state index in [0.29, 0.717) is 13.0 Å². The Balaban J connectivity index is 2.19. The van der Waals surface area contributed by atoms with Crippen LogP contribution in [-0.4, -0.2) is 34.7 Å². The van der Waals surface area contributed by atoms with Crippen molar-refractivity contribution in [3.63, 3.8) is 0 Å². The summed E-state index contributed by atoms with van der Waals surface area (Å²) < 4.78 is 5.31. The summed E-state index contributed by atoms with van der Waals surface area (Å²) in [6.45, 7) is 2.40. The van der Waals surface area contributed by atoms with Crippen LogP contribution in [0.2, 0.25) is 0 Å². The molecule has 1 aromatic carbocycles. The largest absolute Gasteiger partial charge is 0.502 e. The van der Waals surface area contributed by atoms with E-state index in [9.17, 15) is 20.0 Å². The summed E-state index contributed by atoms with van der Waals surface area (Å²) in [6, 6.07) is 3.71. The second-order valence-corrected chi connectivity index (χ2v) is 4.37. The molecule has 0 radical (unpaired) electrons. The molecule has 7 nitrogen and oxygen atoms in total. The van der Waals surface area contributed by atoms with Gasteiger partial charge in [0, 0.05) is 12.7 Å². The van der Waals surface area contributed by atoms with E-state index in [4.69, 9.17) is 4.74 Å². The number of para-hydroxylation sites is 1. The molecule has 1 aromatic rings. The lowest BCUT2D eigenvalue weighted by Gasteiger charge is -2.16. The van der Waals surface area contributed by atoms with E-state index < -0.39 is 22.3 Å². The van der Waals surface area contributed by atoms with Crippen LogP contribution in [0.25, 0.3) is 0 Å². The van der Waals surface area contributed by atoms with Gasteiger partial charge in [-0.25, -0.2) is 0 Å². The van der Waals surface area contributed by atoms with Crippen molar-refractivity contribution in [2.75, 3.05) is 6.61 Å². The molecule has 0 bridgehead atoms. The van der Waals surface area contributed by atoms with Crippen LogP contribution in [0.5, 0.6) is 5.75 Å². The average molecular weight is 266 g/mol. The van der Waals surface area contributed by atoms with E-state index in [-0.39, 0.29) is 17.7 Å². The third-order valence-corrected chi connectivity index (χ3v) is 3.15. The molecule has 1 saturated heterocycles. The van der Waals surface area contributed by atoms with Gasteiger partial charge in [-0.05, 0) is 19.4 Å². The minimum atomic E-state index is -0.729. The standard InChI is InChI=1S/C12H14N2O5/c1-7-9(5-6-19-7)13-12(16)8-3-2-4-10(11(8)15)14(17)18/h2-4,7,9,15H,5-6H2,1H3,(H,13,16). The summed E-state index contributed by atoms with van der Waals surface area (Å²) in [5, 5.41) is 23.1. The number of nitrogens with one attached hydrogen (secondary N) is 1. The number of nitrogens with zero attached hydrogens (tertiary/aromatic N) is 1. The highest BCUT2D eigenvalue weighted by Gasteiger charge is 2.28. The highest BCUT2D eigenvalue weighted by molar-refractivity contribution is 5.98. The molecular formula is C12H14N2O5. The molecule has 1 amide bonds. The van der Waals surface area contributed by atoms with Crippen LogP contribution in [0.15, 0.2) is 18.2 Å². The Hall–Kier alpha value is -2.15. The number of hydrogen-bond donors (Lipinski definition) is 2. The highest BCUT2D eigenvalue weighted by atomic mass is 16.6. The maximum absolute atomic E-state index is 12.0. The van der Waals surface area contributed by atoms with Crippen molar-refractivity contribution in [1.29, 1.82) is 0 Å². The van der Waals surface area contributed by atoms with Gasteiger partial charge in [0.05, 0.1) is 22.6 Å². The van der Waals surface area contributed by atoms with Gasteiger partial charge in [-0.3, -0.25) is 14.9 Å². The number of ether oxygens (including phenoxy) is 1. The van der Waals surface area contributed by atoms with E-state index in [0.717, 1.165) is 6.07 Å². The van der Waals surface area contributed by atoms with Crippen molar-refractivity contribution in [2.24, 2.45) is 0 Å². The van der Waals surface area contributed by atoms with Gasteiger partial charge < -0.3 is 15.2 Å². The zero-order valence-corrected chi connectivity index (χ0v) is 10.3. The monoisotopic (exact) mass is 266 g/mol. The van der Waals surface area contributed by atoms with Crippen LogP contribution in [0.1, 0.15) is 23.7 Å².